The lowest BCUT2D eigenvalue weighted by molar-refractivity contribution is -0.249. The van der Waals surface area contributed by atoms with Gasteiger partial charge in [-0.15, -0.1) is 0 Å². The number of rotatable bonds is 2. The first-order valence-corrected chi connectivity index (χ1v) is 2.88. The topological polar surface area (TPSA) is 29.5 Å². The van der Waals surface area contributed by atoms with Crippen LogP contribution in [0.15, 0.2) is 0 Å². The molecule has 10 heavy (non-hydrogen) atoms. The highest BCUT2D eigenvalue weighted by atomic mass is 19.3. The van der Waals surface area contributed by atoms with Gasteiger partial charge in [0.2, 0.25) is 0 Å². The fourth-order valence-electron chi connectivity index (χ4n) is 0.236. The summed E-state index contributed by atoms with van der Waals surface area (Å²) in [6.45, 7) is 2.81. The summed E-state index contributed by atoms with van der Waals surface area (Å²) < 4.78 is 28.0. The minimum Gasteiger partial charge on any atom is -0.400 e. The van der Waals surface area contributed by atoms with Crippen LogP contribution in [0.5, 0.6) is 0 Å². The minimum atomic E-state index is -2.96. The van der Waals surface area contributed by atoms with Crippen LogP contribution < -0.4 is 0 Å². The van der Waals surface area contributed by atoms with Gasteiger partial charge < -0.3 is 9.84 Å². The SMILES string of the molecule is CO.COC(F)(F)C(C)C. The van der Waals surface area contributed by atoms with E-state index in [2.05, 4.69) is 4.74 Å². The van der Waals surface area contributed by atoms with Gasteiger partial charge in [0.15, 0.2) is 0 Å². The van der Waals surface area contributed by atoms with E-state index in [0.717, 1.165) is 14.2 Å². The zero-order valence-electron chi connectivity index (χ0n) is 6.69. The van der Waals surface area contributed by atoms with Gasteiger partial charge in [-0.3, -0.25) is 0 Å². The van der Waals surface area contributed by atoms with Gasteiger partial charge in [0.25, 0.3) is 0 Å². The van der Waals surface area contributed by atoms with E-state index >= 15 is 0 Å². The first-order valence-electron chi connectivity index (χ1n) is 2.88. The highest BCUT2D eigenvalue weighted by molar-refractivity contribution is 4.55. The Balaban J connectivity index is 0. The average molecular weight is 156 g/mol. The largest absolute Gasteiger partial charge is 0.400 e. The molecular formula is C6H14F2O2. The van der Waals surface area contributed by atoms with Crippen molar-refractivity contribution >= 4 is 0 Å². The van der Waals surface area contributed by atoms with Gasteiger partial charge in [0.1, 0.15) is 0 Å². The molecule has 0 radical (unpaired) electrons. The lowest BCUT2D eigenvalue weighted by Gasteiger charge is -2.16. The zero-order valence-corrected chi connectivity index (χ0v) is 6.69. The van der Waals surface area contributed by atoms with Crippen molar-refractivity contribution in [3.63, 3.8) is 0 Å². The highest BCUT2D eigenvalue weighted by Gasteiger charge is 2.32. The molecule has 0 saturated carbocycles. The molecule has 0 amide bonds. The Labute approximate surface area is 59.8 Å². The molecule has 1 N–H and O–H groups in total. The van der Waals surface area contributed by atoms with Crippen molar-refractivity contribution in [3.05, 3.63) is 0 Å². The number of aliphatic hydroxyl groups excluding tert-OH is 1. The summed E-state index contributed by atoms with van der Waals surface area (Å²) in [7, 11) is 2.00. The summed E-state index contributed by atoms with van der Waals surface area (Å²) >= 11 is 0. The molecule has 0 aliphatic heterocycles. The van der Waals surface area contributed by atoms with Crippen LogP contribution in [0.4, 0.5) is 8.78 Å². The van der Waals surface area contributed by atoms with Crippen LogP contribution in [0.3, 0.4) is 0 Å². The van der Waals surface area contributed by atoms with Crippen LogP contribution in [-0.2, 0) is 4.74 Å². The Bertz CT molecular complexity index is 74.1. The van der Waals surface area contributed by atoms with E-state index in [1.54, 1.807) is 0 Å². The van der Waals surface area contributed by atoms with Gasteiger partial charge in [-0.25, -0.2) is 0 Å². The third kappa shape index (κ3) is 4.64. The third-order valence-electron chi connectivity index (χ3n) is 0.944. The fourth-order valence-corrected chi connectivity index (χ4v) is 0.236. The molecule has 0 heterocycles. The first-order chi connectivity index (χ1) is 4.50. The zero-order chi connectivity index (χ0) is 8.78. The van der Waals surface area contributed by atoms with Crippen molar-refractivity contribution in [3.8, 4) is 0 Å². The molecule has 0 atom stereocenters. The number of halogens is 2. The lowest BCUT2D eigenvalue weighted by Crippen LogP contribution is -2.25. The van der Waals surface area contributed by atoms with Crippen LogP contribution in [0.1, 0.15) is 13.8 Å². The van der Waals surface area contributed by atoms with E-state index < -0.39 is 12.0 Å². The number of hydrogen-bond donors (Lipinski definition) is 1. The Morgan fingerprint density at radius 2 is 1.60 bits per heavy atom. The Morgan fingerprint density at radius 3 is 1.60 bits per heavy atom. The number of methoxy groups -OCH3 is 1. The smallest absolute Gasteiger partial charge is 0.357 e. The molecule has 2 nitrogen and oxygen atoms in total. The van der Waals surface area contributed by atoms with E-state index in [-0.39, 0.29) is 0 Å². The van der Waals surface area contributed by atoms with Crippen molar-refractivity contribution in [1.82, 2.24) is 0 Å². The molecule has 0 rings (SSSR count). The molecule has 0 aliphatic carbocycles. The standard InChI is InChI=1S/C5H10F2O.CH4O/c1-4(2)5(6,7)8-3;1-2/h4H,1-3H3;2H,1H3. The molecule has 0 unspecified atom stereocenters. The van der Waals surface area contributed by atoms with Crippen molar-refractivity contribution in [1.29, 1.82) is 0 Å². The Hall–Kier alpha value is -0.220. The average Bonchev–Trinajstić information content (AvgIpc) is 1.92. The van der Waals surface area contributed by atoms with Crippen LogP contribution >= 0.6 is 0 Å². The van der Waals surface area contributed by atoms with Gasteiger partial charge in [0.05, 0.1) is 0 Å². The highest BCUT2D eigenvalue weighted by Crippen LogP contribution is 2.23. The normalized spacial score (nSPS) is 10.8. The predicted octanol–water partition coefficient (Wildman–Crippen LogP) is 1.49. The van der Waals surface area contributed by atoms with Crippen molar-refractivity contribution in [2.24, 2.45) is 5.92 Å². The third-order valence-corrected chi connectivity index (χ3v) is 0.944. The van der Waals surface area contributed by atoms with Crippen LogP contribution in [-0.4, -0.2) is 25.4 Å². The molecule has 4 heteroatoms. The van der Waals surface area contributed by atoms with Gasteiger partial charge in [-0.1, -0.05) is 13.8 Å². The fraction of sp³-hybridized carbons (Fsp3) is 1.00. The number of aliphatic hydroxyl groups is 1. The summed E-state index contributed by atoms with van der Waals surface area (Å²) in [6.07, 6.45) is -2.96. The number of ether oxygens (including phenoxy) is 1. The first kappa shape index (κ1) is 12.5. The van der Waals surface area contributed by atoms with Crippen molar-refractivity contribution in [2.75, 3.05) is 14.2 Å². The van der Waals surface area contributed by atoms with E-state index in [0.29, 0.717) is 0 Å². The van der Waals surface area contributed by atoms with Crippen molar-refractivity contribution < 1.29 is 18.6 Å². The summed E-state index contributed by atoms with van der Waals surface area (Å²) in [5.41, 5.74) is 0. The van der Waals surface area contributed by atoms with E-state index in [1.807, 2.05) is 0 Å². The lowest BCUT2D eigenvalue weighted by atomic mass is 10.2. The second-order valence-electron chi connectivity index (χ2n) is 1.92. The number of alkyl halides is 2. The van der Waals surface area contributed by atoms with Crippen LogP contribution in [0.25, 0.3) is 0 Å². The molecule has 0 aromatic rings. The monoisotopic (exact) mass is 156 g/mol. The van der Waals surface area contributed by atoms with Crippen molar-refractivity contribution in [2.45, 2.75) is 20.0 Å². The summed E-state index contributed by atoms with van der Waals surface area (Å²) in [5, 5.41) is 7.00. The maximum absolute atomic E-state index is 12.1. The van der Waals surface area contributed by atoms with Gasteiger partial charge in [0, 0.05) is 20.1 Å². The summed E-state index contributed by atoms with van der Waals surface area (Å²) in [6, 6.07) is 0. The van der Waals surface area contributed by atoms with Gasteiger partial charge >= 0.3 is 6.11 Å². The molecule has 0 fully saturated rings. The summed E-state index contributed by atoms with van der Waals surface area (Å²) in [4.78, 5) is 0. The van der Waals surface area contributed by atoms with E-state index in [1.165, 1.54) is 13.8 Å². The maximum Gasteiger partial charge on any atom is 0.357 e. The van der Waals surface area contributed by atoms with Gasteiger partial charge in [-0.05, 0) is 0 Å². The molecule has 0 aromatic heterocycles. The molecular weight excluding hydrogens is 142 g/mol. The van der Waals surface area contributed by atoms with Gasteiger partial charge in [-0.2, -0.15) is 8.78 Å². The van der Waals surface area contributed by atoms with Crippen LogP contribution in [0.2, 0.25) is 0 Å². The number of hydrogen-bond acceptors (Lipinski definition) is 2. The predicted molar refractivity (Wildman–Crippen MR) is 34.9 cm³/mol. The quantitative estimate of drug-likeness (QED) is 0.656. The molecule has 0 spiro atoms. The van der Waals surface area contributed by atoms with E-state index in [9.17, 15) is 8.78 Å². The maximum atomic E-state index is 12.1. The molecule has 0 bridgehead atoms. The van der Waals surface area contributed by atoms with Crippen LogP contribution in [0, 0.1) is 5.92 Å². The Kier molecular flexibility index (Phi) is 6.92. The molecule has 0 aromatic carbocycles. The molecule has 64 valence electrons. The molecule has 0 aliphatic rings. The second kappa shape index (κ2) is 5.56. The molecule has 0 saturated heterocycles. The van der Waals surface area contributed by atoms with E-state index in [4.69, 9.17) is 5.11 Å². The summed E-state index contributed by atoms with van der Waals surface area (Å²) in [5.74, 6) is -0.743. The second-order valence-corrected chi connectivity index (χ2v) is 1.92. The Morgan fingerprint density at radius 1 is 1.30 bits per heavy atom. The minimum absolute atomic E-state index is 0.743.